The molecule has 1 aromatic carbocycles. The van der Waals surface area contributed by atoms with Crippen molar-refractivity contribution in [2.45, 2.75) is 38.3 Å². The minimum atomic E-state index is -0.223. The summed E-state index contributed by atoms with van der Waals surface area (Å²) >= 11 is 1.47. The highest BCUT2D eigenvalue weighted by Gasteiger charge is 2.33. The van der Waals surface area contributed by atoms with Gasteiger partial charge >= 0.3 is 0 Å². The molecular formula is C24H27N5O2S. The lowest BCUT2D eigenvalue weighted by Gasteiger charge is -2.33. The molecule has 7 nitrogen and oxygen atoms in total. The molecule has 0 spiro atoms. The second kappa shape index (κ2) is 8.78. The zero-order chi connectivity index (χ0) is 22.1. The first-order chi connectivity index (χ1) is 15.6. The molecule has 3 N–H and O–H groups in total. The maximum Gasteiger partial charge on any atom is 0.274 e. The van der Waals surface area contributed by atoms with Gasteiger partial charge in [0.05, 0.1) is 11.7 Å². The minimum Gasteiger partial charge on any atom is -0.369 e. The molecule has 2 aromatic heterocycles. The number of anilines is 2. The van der Waals surface area contributed by atoms with Gasteiger partial charge in [-0.25, -0.2) is 4.98 Å². The average molecular weight is 450 g/mol. The Labute approximate surface area is 191 Å². The predicted octanol–water partition coefficient (Wildman–Crippen LogP) is 4.05. The van der Waals surface area contributed by atoms with E-state index < -0.39 is 0 Å². The molecule has 2 amide bonds. The van der Waals surface area contributed by atoms with Crippen LogP contribution in [-0.4, -0.2) is 27.9 Å². The van der Waals surface area contributed by atoms with E-state index >= 15 is 0 Å². The summed E-state index contributed by atoms with van der Waals surface area (Å²) in [5, 5.41) is 5.65. The molecule has 166 valence electrons. The Balaban J connectivity index is 1.23. The summed E-state index contributed by atoms with van der Waals surface area (Å²) in [6.45, 7) is 1.73. The van der Waals surface area contributed by atoms with E-state index in [9.17, 15) is 9.59 Å². The van der Waals surface area contributed by atoms with Crippen molar-refractivity contribution in [3.8, 4) is 0 Å². The number of hydrogen-bond donors (Lipinski definition) is 2. The molecule has 1 aliphatic heterocycles. The van der Waals surface area contributed by atoms with Crippen LogP contribution in [0.3, 0.4) is 0 Å². The lowest BCUT2D eigenvalue weighted by atomic mass is 9.74. The molecule has 8 heteroatoms. The molecule has 3 aromatic rings. The fraction of sp³-hybridized carbons (Fsp3) is 0.375. The summed E-state index contributed by atoms with van der Waals surface area (Å²) in [5.74, 6) is -0.0238. The van der Waals surface area contributed by atoms with E-state index in [1.165, 1.54) is 17.0 Å². The third-order valence-electron chi connectivity index (χ3n) is 6.58. The third kappa shape index (κ3) is 4.14. The van der Waals surface area contributed by atoms with Crippen molar-refractivity contribution in [1.29, 1.82) is 0 Å². The Bertz CT molecular complexity index is 1100. The topological polar surface area (TPSA) is 93.2 Å². The number of amides is 2. The van der Waals surface area contributed by atoms with Crippen molar-refractivity contribution >= 4 is 34.0 Å². The lowest BCUT2D eigenvalue weighted by Crippen LogP contribution is -2.37. The van der Waals surface area contributed by atoms with Crippen LogP contribution in [0.2, 0.25) is 0 Å². The molecule has 1 aliphatic carbocycles. The number of rotatable bonds is 7. The lowest BCUT2D eigenvalue weighted by molar-refractivity contribution is -0.125. The summed E-state index contributed by atoms with van der Waals surface area (Å²) < 4.78 is 1.96. The van der Waals surface area contributed by atoms with Gasteiger partial charge in [-0.2, -0.15) is 0 Å². The smallest absolute Gasteiger partial charge is 0.274 e. The molecular weight excluding hydrogens is 422 g/mol. The molecule has 3 heterocycles. The van der Waals surface area contributed by atoms with Crippen molar-refractivity contribution in [2.75, 3.05) is 16.8 Å². The summed E-state index contributed by atoms with van der Waals surface area (Å²) in [5.41, 5.74) is 8.19. The van der Waals surface area contributed by atoms with E-state index in [1.54, 1.807) is 0 Å². The van der Waals surface area contributed by atoms with Crippen LogP contribution < -0.4 is 16.0 Å². The van der Waals surface area contributed by atoms with E-state index in [0.717, 1.165) is 44.5 Å². The van der Waals surface area contributed by atoms with Crippen LogP contribution >= 0.6 is 11.3 Å². The van der Waals surface area contributed by atoms with Crippen molar-refractivity contribution in [1.82, 2.24) is 9.55 Å². The number of carbonyl (C=O) groups excluding carboxylic acids is 2. The molecule has 2 aliphatic rings. The molecule has 32 heavy (non-hydrogen) atoms. The molecule has 0 bridgehead atoms. The molecule has 2 fully saturated rings. The van der Waals surface area contributed by atoms with E-state index in [2.05, 4.69) is 39.9 Å². The van der Waals surface area contributed by atoms with Gasteiger partial charge in [0.25, 0.3) is 5.91 Å². The van der Waals surface area contributed by atoms with Gasteiger partial charge < -0.3 is 15.2 Å². The van der Waals surface area contributed by atoms with E-state index in [-0.39, 0.29) is 23.8 Å². The SMILES string of the molecule is NC(=O)C1CC(Cn2cccc2C(=O)Nc2nc([C@H]3CCCN3c3ccccc3)cs2)C1. The van der Waals surface area contributed by atoms with Crippen LogP contribution in [0.15, 0.2) is 54.0 Å². The van der Waals surface area contributed by atoms with Gasteiger partial charge in [0.1, 0.15) is 5.69 Å². The Morgan fingerprint density at radius 2 is 1.97 bits per heavy atom. The molecule has 1 saturated heterocycles. The normalized spacial score (nSPS) is 22.5. The monoisotopic (exact) mass is 449 g/mol. The zero-order valence-corrected chi connectivity index (χ0v) is 18.6. The van der Waals surface area contributed by atoms with Gasteiger partial charge in [-0.1, -0.05) is 18.2 Å². The number of benzene rings is 1. The summed E-state index contributed by atoms with van der Waals surface area (Å²) in [6, 6.07) is 14.4. The number of aromatic nitrogens is 2. The molecule has 1 atom stereocenters. The van der Waals surface area contributed by atoms with Gasteiger partial charge in [-0.05, 0) is 55.9 Å². The number of hydrogen-bond acceptors (Lipinski definition) is 5. The van der Waals surface area contributed by atoms with Gasteiger partial charge in [0.15, 0.2) is 5.13 Å². The number of nitrogens with one attached hydrogen (secondary N) is 1. The van der Waals surface area contributed by atoms with Gasteiger partial charge in [-0.15, -0.1) is 11.3 Å². The van der Waals surface area contributed by atoms with Crippen LogP contribution in [0.25, 0.3) is 0 Å². The second-order valence-electron chi connectivity index (χ2n) is 8.70. The van der Waals surface area contributed by atoms with Crippen LogP contribution in [0.5, 0.6) is 0 Å². The standard InChI is InChI=1S/C24H27N5O2S/c25-22(30)17-12-16(13-17)14-28-10-4-9-21(28)23(31)27-24-26-19(15-32-24)20-8-5-11-29(20)18-6-2-1-3-7-18/h1-4,6-7,9-10,15-17,20H,5,8,11-14H2,(H2,25,30)(H,26,27,31)/t16?,17?,20-/m1/s1. The number of primary amides is 1. The van der Waals surface area contributed by atoms with Crippen molar-refractivity contribution in [3.05, 3.63) is 65.4 Å². The Morgan fingerprint density at radius 1 is 1.16 bits per heavy atom. The highest BCUT2D eigenvalue weighted by molar-refractivity contribution is 7.14. The Morgan fingerprint density at radius 3 is 2.75 bits per heavy atom. The Kier molecular flexibility index (Phi) is 5.70. The van der Waals surface area contributed by atoms with Crippen molar-refractivity contribution in [2.24, 2.45) is 17.6 Å². The van der Waals surface area contributed by atoms with Gasteiger partial charge in [0, 0.05) is 36.3 Å². The summed E-state index contributed by atoms with van der Waals surface area (Å²) in [7, 11) is 0. The maximum absolute atomic E-state index is 12.9. The van der Waals surface area contributed by atoms with Gasteiger partial charge in [0.2, 0.25) is 5.91 Å². The number of carbonyl (C=O) groups is 2. The fourth-order valence-electron chi connectivity index (χ4n) is 4.84. The van der Waals surface area contributed by atoms with Gasteiger partial charge in [-0.3, -0.25) is 14.9 Å². The number of nitrogens with two attached hydrogens (primary N) is 1. The molecule has 0 unspecified atom stereocenters. The minimum absolute atomic E-state index is 0.0207. The highest BCUT2D eigenvalue weighted by Crippen LogP contribution is 2.37. The first-order valence-corrected chi connectivity index (χ1v) is 12.0. The largest absolute Gasteiger partial charge is 0.369 e. The summed E-state index contributed by atoms with van der Waals surface area (Å²) in [6.07, 6.45) is 5.69. The molecule has 1 saturated carbocycles. The molecule has 5 rings (SSSR count). The molecule has 0 radical (unpaired) electrons. The predicted molar refractivity (Wildman–Crippen MR) is 126 cm³/mol. The second-order valence-corrected chi connectivity index (χ2v) is 9.56. The summed E-state index contributed by atoms with van der Waals surface area (Å²) in [4.78, 5) is 31.3. The van der Waals surface area contributed by atoms with Crippen molar-refractivity contribution < 1.29 is 9.59 Å². The quantitative estimate of drug-likeness (QED) is 0.569. The highest BCUT2D eigenvalue weighted by atomic mass is 32.1. The first-order valence-electron chi connectivity index (χ1n) is 11.1. The Hall–Kier alpha value is -3.13. The van der Waals surface area contributed by atoms with E-state index in [0.29, 0.717) is 16.7 Å². The van der Waals surface area contributed by atoms with E-state index in [4.69, 9.17) is 10.7 Å². The third-order valence-corrected chi connectivity index (χ3v) is 7.36. The fourth-order valence-corrected chi connectivity index (χ4v) is 5.59. The van der Waals surface area contributed by atoms with Crippen LogP contribution in [-0.2, 0) is 11.3 Å². The number of para-hydroxylation sites is 1. The zero-order valence-electron chi connectivity index (χ0n) is 17.8. The average Bonchev–Trinajstić information content (AvgIpc) is 3.50. The van der Waals surface area contributed by atoms with Crippen LogP contribution in [0.4, 0.5) is 10.8 Å². The number of thiazole rings is 1. The van der Waals surface area contributed by atoms with Crippen LogP contribution in [0, 0.1) is 11.8 Å². The maximum atomic E-state index is 12.9. The first kappa shape index (κ1) is 20.8. The number of nitrogens with zero attached hydrogens (tertiary/aromatic N) is 3. The van der Waals surface area contributed by atoms with Crippen molar-refractivity contribution in [3.63, 3.8) is 0 Å². The van der Waals surface area contributed by atoms with Crippen LogP contribution in [0.1, 0.15) is 47.9 Å². The van der Waals surface area contributed by atoms with E-state index in [1.807, 2.05) is 29.0 Å².